The zero-order valence-electron chi connectivity index (χ0n) is 13.7. The van der Waals surface area contributed by atoms with Gasteiger partial charge in [-0.05, 0) is 6.42 Å². The first-order valence-electron chi connectivity index (χ1n) is 7.46. The van der Waals surface area contributed by atoms with Crippen molar-refractivity contribution in [2.75, 3.05) is 0 Å². The second-order valence-electron chi connectivity index (χ2n) is 5.91. The molecule has 2 aromatic rings. The Morgan fingerprint density at radius 2 is 1.62 bits per heavy atom. The van der Waals surface area contributed by atoms with Gasteiger partial charge in [-0.25, -0.2) is 0 Å². The van der Waals surface area contributed by atoms with Crippen LogP contribution in [0.3, 0.4) is 0 Å². The Kier molecular flexibility index (Phi) is 7.48. The van der Waals surface area contributed by atoms with E-state index in [1.807, 2.05) is 0 Å². The second-order valence-corrected chi connectivity index (χ2v) is 5.91. The van der Waals surface area contributed by atoms with Crippen LogP contribution < -0.4 is 35.3 Å². The summed E-state index contributed by atoms with van der Waals surface area (Å²) >= 11 is 0. The molecule has 0 heterocycles. The molecule has 0 amide bonds. The Labute approximate surface area is 174 Å². The first kappa shape index (κ1) is 21.2. The van der Waals surface area contributed by atoms with Crippen LogP contribution in [0.1, 0.15) is 25.8 Å². The minimum absolute atomic E-state index is 0. The molecule has 1 radical (unpaired) electrons. The van der Waals surface area contributed by atoms with Crippen molar-refractivity contribution in [1.29, 1.82) is 0 Å². The van der Waals surface area contributed by atoms with Gasteiger partial charge in [-0.15, -0.1) is 34.6 Å². The van der Waals surface area contributed by atoms with E-state index in [0.29, 0.717) is 0 Å². The summed E-state index contributed by atoms with van der Waals surface area (Å²) in [6, 6.07) is 16.8. The van der Waals surface area contributed by atoms with Gasteiger partial charge < -0.3 is 24.8 Å². The van der Waals surface area contributed by atoms with Gasteiger partial charge in [0.2, 0.25) is 0 Å². The van der Waals surface area contributed by atoms with Crippen molar-refractivity contribution in [1.82, 2.24) is 0 Å². The van der Waals surface area contributed by atoms with Crippen LogP contribution in [0.4, 0.5) is 0 Å². The fourth-order valence-electron chi connectivity index (χ4n) is 3.24. The van der Waals surface area contributed by atoms with Crippen LogP contribution in [0, 0.1) is 16.5 Å². The smallest absolute Gasteiger partial charge is 1.00 e. The molecule has 2 aliphatic carbocycles. The summed E-state index contributed by atoms with van der Waals surface area (Å²) in [5.74, 6) is 0. The Balaban J connectivity index is 0.000000960. The van der Waals surface area contributed by atoms with Gasteiger partial charge in [-0.2, -0.15) is 0 Å². The molecule has 3 heteroatoms. The van der Waals surface area contributed by atoms with Crippen LogP contribution in [0.5, 0.6) is 0 Å². The molecule has 0 aliphatic heterocycles. The Morgan fingerprint density at radius 1 is 0.917 bits per heavy atom. The third-order valence-corrected chi connectivity index (χ3v) is 4.31. The monoisotopic (exact) mass is 429 g/mol. The molecule has 0 atom stereocenters. The Bertz CT molecular complexity index is 1030. The van der Waals surface area contributed by atoms with Gasteiger partial charge >= 0.3 is 26.2 Å². The van der Waals surface area contributed by atoms with Crippen molar-refractivity contribution < 1.29 is 51.0 Å². The maximum atomic E-state index is 3.66. The molecular formula is C21H17Cl2Zr. The fourth-order valence-corrected chi connectivity index (χ4v) is 3.24. The SMILES string of the molecule is CC(C)=c1[c-]c2c(cc1)=c1ccccc1=C2C1=CC=CC1.[Cl-].[Cl-].[Zr+3]. The van der Waals surface area contributed by atoms with E-state index in [-0.39, 0.29) is 51.0 Å². The second kappa shape index (κ2) is 8.48. The van der Waals surface area contributed by atoms with E-state index in [2.05, 4.69) is 74.5 Å². The summed E-state index contributed by atoms with van der Waals surface area (Å²) in [5, 5.41) is 5.22. The third-order valence-electron chi connectivity index (χ3n) is 4.31. The molecule has 24 heavy (non-hydrogen) atoms. The van der Waals surface area contributed by atoms with Crippen molar-refractivity contribution in [3.05, 3.63) is 92.7 Å². The van der Waals surface area contributed by atoms with Gasteiger partial charge in [0.15, 0.2) is 0 Å². The van der Waals surface area contributed by atoms with Crippen molar-refractivity contribution in [2.24, 2.45) is 0 Å². The number of halogens is 2. The first-order chi connectivity index (χ1) is 10.3. The maximum Gasteiger partial charge on any atom is 3.00 e. The van der Waals surface area contributed by atoms with Crippen molar-refractivity contribution in [3.8, 4) is 0 Å². The number of hydrogen-bond donors (Lipinski definition) is 0. The van der Waals surface area contributed by atoms with Gasteiger partial charge in [-0.1, -0.05) is 83.1 Å². The molecule has 0 bridgehead atoms. The van der Waals surface area contributed by atoms with Gasteiger partial charge in [0.25, 0.3) is 0 Å². The quantitative estimate of drug-likeness (QED) is 0.434. The Morgan fingerprint density at radius 3 is 2.25 bits per heavy atom. The van der Waals surface area contributed by atoms with Crippen molar-refractivity contribution in [2.45, 2.75) is 20.3 Å². The number of allylic oxidation sites excluding steroid dienone is 4. The molecule has 4 rings (SSSR count). The van der Waals surface area contributed by atoms with Gasteiger partial charge in [-0.3, -0.25) is 0 Å². The zero-order valence-corrected chi connectivity index (χ0v) is 17.6. The summed E-state index contributed by atoms with van der Waals surface area (Å²) in [5.41, 5.74) is 5.36. The molecule has 0 fully saturated rings. The van der Waals surface area contributed by atoms with E-state index in [0.717, 1.165) is 6.42 Å². The first-order valence-corrected chi connectivity index (χ1v) is 7.46. The summed E-state index contributed by atoms with van der Waals surface area (Å²) in [6.07, 6.45) is 7.65. The van der Waals surface area contributed by atoms with E-state index in [9.17, 15) is 0 Å². The van der Waals surface area contributed by atoms with Crippen LogP contribution in [-0.4, -0.2) is 0 Å². The van der Waals surface area contributed by atoms with Crippen LogP contribution in [-0.2, 0) is 26.2 Å². The summed E-state index contributed by atoms with van der Waals surface area (Å²) < 4.78 is 0. The standard InChI is InChI=1S/C21H17.2ClH.Zr/c1-14(2)16-11-12-18-17-9-5-6-10-19(17)21(20(18)13-16)15-7-3-4-8-15;;;/h3-7,9-12H,8H2,1-2H3;2*1H;/q-1;;;+3/p-2. The van der Waals surface area contributed by atoms with E-state index in [1.54, 1.807) is 0 Å². The van der Waals surface area contributed by atoms with Gasteiger partial charge in [0.1, 0.15) is 0 Å². The van der Waals surface area contributed by atoms with Gasteiger partial charge in [0.05, 0.1) is 0 Å². The summed E-state index contributed by atoms with van der Waals surface area (Å²) in [6.45, 7) is 4.30. The molecule has 0 N–H and O–H groups in total. The van der Waals surface area contributed by atoms with Gasteiger partial charge in [0, 0.05) is 0 Å². The van der Waals surface area contributed by atoms with Crippen molar-refractivity contribution >= 4 is 11.1 Å². The molecule has 2 aliphatic rings. The summed E-state index contributed by atoms with van der Waals surface area (Å²) in [7, 11) is 0. The predicted octanol–water partition coefficient (Wildman–Crippen LogP) is -2.63. The number of hydrogen-bond acceptors (Lipinski definition) is 0. The molecule has 0 unspecified atom stereocenters. The van der Waals surface area contributed by atoms with Crippen LogP contribution >= 0.6 is 0 Å². The molecule has 119 valence electrons. The number of fused-ring (bicyclic) bond motifs is 2. The molecule has 2 aromatic carbocycles. The number of benzene rings is 2. The minimum atomic E-state index is 0. The third kappa shape index (κ3) is 3.40. The average Bonchev–Trinajstić information content (AvgIpc) is 3.11. The van der Waals surface area contributed by atoms with Crippen LogP contribution in [0.2, 0.25) is 0 Å². The maximum absolute atomic E-state index is 3.66. The topological polar surface area (TPSA) is 0 Å². The molecule has 0 aromatic heterocycles. The van der Waals surface area contributed by atoms with Crippen molar-refractivity contribution in [3.63, 3.8) is 0 Å². The van der Waals surface area contributed by atoms with E-state index >= 15 is 0 Å². The fraction of sp³-hybridized carbons (Fsp3) is 0.143. The number of rotatable bonds is 1. The summed E-state index contributed by atoms with van der Waals surface area (Å²) in [4.78, 5) is 0. The predicted molar refractivity (Wildman–Crippen MR) is 87.7 cm³/mol. The average molecular weight is 431 g/mol. The molecule has 0 saturated heterocycles. The molecular weight excluding hydrogens is 414 g/mol. The minimum Gasteiger partial charge on any atom is -1.00 e. The Hall–Kier alpha value is -0.877. The largest absolute Gasteiger partial charge is 3.00 e. The van der Waals surface area contributed by atoms with E-state index in [1.165, 1.54) is 43.2 Å². The van der Waals surface area contributed by atoms with Crippen LogP contribution in [0.15, 0.2) is 60.2 Å². The van der Waals surface area contributed by atoms with E-state index < -0.39 is 0 Å². The normalized spacial score (nSPS) is 13.1. The zero-order chi connectivity index (χ0) is 14.4. The van der Waals surface area contributed by atoms with E-state index in [4.69, 9.17) is 0 Å². The molecule has 0 saturated carbocycles. The van der Waals surface area contributed by atoms with Crippen LogP contribution in [0.25, 0.3) is 11.1 Å². The molecule has 0 spiro atoms. The molecule has 0 nitrogen and oxygen atoms in total.